The Kier molecular flexibility index (Phi) is 7.14. The SMILES string of the molecule is CCCNC(=O)CN(C)C(=O)CN(CCC(=O)O)C1CC1. The van der Waals surface area contributed by atoms with Crippen LogP contribution in [0.2, 0.25) is 0 Å². The maximum absolute atomic E-state index is 12.1. The second-order valence-corrected chi connectivity index (χ2v) is 5.45. The number of carboxylic acids is 1. The summed E-state index contributed by atoms with van der Waals surface area (Å²) in [6.45, 7) is 3.16. The zero-order valence-corrected chi connectivity index (χ0v) is 12.8. The molecule has 1 aliphatic carbocycles. The molecule has 0 aromatic rings. The van der Waals surface area contributed by atoms with Gasteiger partial charge in [-0.3, -0.25) is 19.3 Å². The summed E-state index contributed by atoms with van der Waals surface area (Å²) in [5.74, 6) is -1.18. The summed E-state index contributed by atoms with van der Waals surface area (Å²) in [4.78, 5) is 37.6. The monoisotopic (exact) mass is 299 g/mol. The molecule has 21 heavy (non-hydrogen) atoms. The number of aliphatic carboxylic acids is 1. The van der Waals surface area contributed by atoms with Crippen molar-refractivity contribution in [3.05, 3.63) is 0 Å². The summed E-state index contributed by atoms with van der Waals surface area (Å²) in [5.41, 5.74) is 0. The van der Waals surface area contributed by atoms with Gasteiger partial charge in [0.25, 0.3) is 0 Å². The number of rotatable bonds is 10. The van der Waals surface area contributed by atoms with E-state index in [0.717, 1.165) is 19.3 Å². The molecule has 2 N–H and O–H groups in total. The van der Waals surface area contributed by atoms with Crippen molar-refractivity contribution in [1.82, 2.24) is 15.1 Å². The number of carbonyl (C=O) groups is 3. The van der Waals surface area contributed by atoms with Gasteiger partial charge in [0.15, 0.2) is 0 Å². The Morgan fingerprint density at radius 2 is 1.90 bits per heavy atom. The topological polar surface area (TPSA) is 90.0 Å². The molecule has 0 aliphatic heterocycles. The van der Waals surface area contributed by atoms with Crippen LogP contribution in [0, 0.1) is 0 Å². The van der Waals surface area contributed by atoms with E-state index in [9.17, 15) is 14.4 Å². The first-order valence-electron chi connectivity index (χ1n) is 7.40. The van der Waals surface area contributed by atoms with Gasteiger partial charge in [0.2, 0.25) is 11.8 Å². The fourth-order valence-electron chi connectivity index (χ4n) is 1.99. The zero-order valence-electron chi connectivity index (χ0n) is 12.8. The molecule has 1 rings (SSSR count). The summed E-state index contributed by atoms with van der Waals surface area (Å²) in [6, 6.07) is 0.315. The van der Waals surface area contributed by atoms with Gasteiger partial charge in [-0.1, -0.05) is 6.92 Å². The van der Waals surface area contributed by atoms with E-state index in [4.69, 9.17) is 5.11 Å². The maximum atomic E-state index is 12.1. The molecule has 0 aromatic carbocycles. The van der Waals surface area contributed by atoms with E-state index in [0.29, 0.717) is 19.1 Å². The van der Waals surface area contributed by atoms with Gasteiger partial charge in [0.1, 0.15) is 0 Å². The molecule has 7 nitrogen and oxygen atoms in total. The molecule has 2 amide bonds. The summed E-state index contributed by atoms with van der Waals surface area (Å²) >= 11 is 0. The Morgan fingerprint density at radius 1 is 1.24 bits per heavy atom. The summed E-state index contributed by atoms with van der Waals surface area (Å²) < 4.78 is 0. The van der Waals surface area contributed by atoms with Crippen molar-refractivity contribution in [2.45, 2.75) is 38.6 Å². The number of amides is 2. The van der Waals surface area contributed by atoms with E-state index in [1.165, 1.54) is 4.90 Å². The quantitative estimate of drug-likeness (QED) is 0.588. The molecule has 1 aliphatic rings. The predicted octanol–water partition coefficient (Wildman–Crippen LogP) is -0.0899. The van der Waals surface area contributed by atoms with Gasteiger partial charge >= 0.3 is 5.97 Å². The van der Waals surface area contributed by atoms with Crippen molar-refractivity contribution in [1.29, 1.82) is 0 Å². The zero-order chi connectivity index (χ0) is 15.8. The first-order chi connectivity index (χ1) is 9.93. The van der Waals surface area contributed by atoms with Crippen molar-refractivity contribution in [3.8, 4) is 0 Å². The highest BCUT2D eigenvalue weighted by molar-refractivity contribution is 5.85. The Morgan fingerprint density at radius 3 is 2.43 bits per heavy atom. The predicted molar refractivity (Wildman–Crippen MR) is 77.8 cm³/mol. The molecular formula is C14H25N3O4. The number of carboxylic acid groups (broad SMARTS) is 1. The molecule has 0 atom stereocenters. The lowest BCUT2D eigenvalue weighted by Crippen LogP contribution is -2.44. The van der Waals surface area contributed by atoms with Crippen LogP contribution in [0.5, 0.6) is 0 Å². The highest BCUT2D eigenvalue weighted by Gasteiger charge is 2.31. The first-order valence-corrected chi connectivity index (χ1v) is 7.40. The van der Waals surface area contributed by atoms with Crippen LogP contribution in [-0.4, -0.2) is 72.0 Å². The van der Waals surface area contributed by atoms with Crippen LogP contribution >= 0.6 is 0 Å². The minimum atomic E-state index is -0.861. The molecule has 0 aromatic heterocycles. The third-order valence-electron chi connectivity index (χ3n) is 3.39. The van der Waals surface area contributed by atoms with Crippen LogP contribution in [0.25, 0.3) is 0 Å². The first kappa shape index (κ1) is 17.4. The average Bonchev–Trinajstić information content (AvgIpc) is 3.24. The van der Waals surface area contributed by atoms with Gasteiger partial charge in [0.05, 0.1) is 19.5 Å². The van der Waals surface area contributed by atoms with E-state index in [1.807, 2.05) is 11.8 Å². The van der Waals surface area contributed by atoms with Crippen LogP contribution in [0.3, 0.4) is 0 Å². The fraction of sp³-hybridized carbons (Fsp3) is 0.786. The van der Waals surface area contributed by atoms with Gasteiger partial charge < -0.3 is 15.3 Å². The normalized spacial score (nSPS) is 14.0. The van der Waals surface area contributed by atoms with Crippen LogP contribution in [0.15, 0.2) is 0 Å². The highest BCUT2D eigenvalue weighted by Crippen LogP contribution is 2.26. The number of carbonyl (C=O) groups excluding carboxylic acids is 2. The van der Waals surface area contributed by atoms with Crippen molar-refractivity contribution in [2.75, 3.05) is 33.2 Å². The largest absolute Gasteiger partial charge is 0.481 e. The van der Waals surface area contributed by atoms with Crippen LogP contribution in [0.4, 0.5) is 0 Å². The second-order valence-electron chi connectivity index (χ2n) is 5.45. The van der Waals surface area contributed by atoms with Crippen LogP contribution in [-0.2, 0) is 14.4 Å². The molecular weight excluding hydrogens is 274 g/mol. The molecule has 7 heteroatoms. The molecule has 0 bridgehead atoms. The Labute approximate surface area is 125 Å². The number of nitrogens with zero attached hydrogens (tertiary/aromatic N) is 2. The number of hydrogen-bond acceptors (Lipinski definition) is 4. The van der Waals surface area contributed by atoms with Crippen LogP contribution in [0.1, 0.15) is 32.6 Å². The maximum Gasteiger partial charge on any atom is 0.304 e. The van der Waals surface area contributed by atoms with Gasteiger partial charge in [-0.15, -0.1) is 0 Å². The molecule has 0 heterocycles. The molecule has 120 valence electrons. The summed E-state index contributed by atoms with van der Waals surface area (Å²) in [6.07, 6.45) is 2.90. The van der Waals surface area contributed by atoms with E-state index in [2.05, 4.69) is 5.32 Å². The summed E-state index contributed by atoms with van der Waals surface area (Å²) in [7, 11) is 1.59. The van der Waals surface area contributed by atoms with Crippen molar-refractivity contribution >= 4 is 17.8 Å². The molecule has 0 unspecified atom stereocenters. The van der Waals surface area contributed by atoms with Crippen molar-refractivity contribution < 1.29 is 19.5 Å². The Hall–Kier alpha value is -1.63. The summed E-state index contributed by atoms with van der Waals surface area (Å²) in [5, 5.41) is 11.5. The van der Waals surface area contributed by atoms with E-state index in [-0.39, 0.29) is 31.3 Å². The molecule has 1 saturated carbocycles. The van der Waals surface area contributed by atoms with E-state index < -0.39 is 5.97 Å². The minimum absolute atomic E-state index is 0.0322. The van der Waals surface area contributed by atoms with Crippen molar-refractivity contribution in [3.63, 3.8) is 0 Å². The lowest BCUT2D eigenvalue weighted by molar-refractivity contribution is -0.139. The van der Waals surface area contributed by atoms with Gasteiger partial charge in [-0.25, -0.2) is 0 Å². The number of nitrogens with one attached hydrogen (secondary N) is 1. The molecule has 0 radical (unpaired) electrons. The third kappa shape index (κ3) is 7.08. The van der Waals surface area contributed by atoms with E-state index >= 15 is 0 Å². The molecule has 0 saturated heterocycles. The lowest BCUT2D eigenvalue weighted by atomic mass is 10.3. The standard InChI is InChI=1S/C14H25N3O4/c1-3-7-15-12(18)9-16(2)13(19)10-17(11-4-5-11)8-6-14(20)21/h11H,3-10H2,1-2H3,(H,15,18)(H,20,21). The van der Waals surface area contributed by atoms with Gasteiger partial charge in [-0.05, 0) is 19.3 Å². The fourth-order valence-corrected chi connectivity index (χ4v) is 1.99. The highest BCUT2D eigenvalue weighted by atomic mass is 16.4. The lowest BCUT2D eigenvalue weighted by Gasteiger charge is -2.24. The Bertz CT molecular complexity index is 382. The van der Waals surface area contributed by atoms with E-state index in [1.54, 1.807) is 7.05 Å². The Balaban J connectivity index is 2.37. The van der Waals surface area contributed by atoms with Crippen molar-refractivity contribution in [2.24, 2.45) is 0 Å². The van der Waals surface area contributed by atoms with Gasteiger partial charge in [-0.2, -0.15) is 0 Å². The van der Waals surface area contributed by atoms with Gasteiger partial charge in [0, 0.05) is 26.2 Å². The second kappa shape index (κ2) is 8.61. The number of hydrogen-bond donors (Lipinski definition) is 2. The third-order valence-corrected chi connectivity index (χ3v) is 3.39. The molecule has 0 spiro atoms. The average molecular weight is 299 g/mol. The van der Waals surface area contributed by atoms with Crippen LogP contribution < -0.4 is 5.32 Å². The number of likely N-dealkylation sites (N-methyl/N-ethyl adjacent to an activating group) is 1. The smallest absolute Gasteiger partial charge is 0.304 e. The minimum Gasteiger partial charge on any atom is -0.481 e. The molecule has 1 fully saturated rings.